The van der Waals surface area contributed by atoms with E-state index in [0.29, 0.717) is 30.9 Å². The molecule has 2 aliphatic rings. The Balaban J connectivity index is 1.50. The minimum atomic E-state index is -3.09. The summed E-state index contributed by atoms with van der Waals surface area (Å²) in [4.78, 5) is 14.9. The number of hydrogen-bond acceptors (Lipinski definition) is 5. The maximum absolute atomic E-state index is 13.2. The molecule has 2 saturated heterocycles. The van der Waals surface area contributed by atoms with Crippen molar-refractivity contribution in [3.8, 4) is 11.5 Å². The van der Waals surface area contributed by atoms with E-state index in [-0.39, 0.29) is 29.6 Å². The largest absolute Gasteiger partial charge is 0.457 e. The summed E-state index contributed by atoms with van der Waals surface area (Å²) in [6, 6.07) is 16.1. The maximum Gasteiger partial charge on any atom is 0.254 e. The average Bonchev–Trinajstić information content (AvgIpc) is 3.36. The second kappa shape index (κ2) is 8.55. The van der Waals surface area contributed by atoms with Crippen molar-refractivity contribution >= 4 is 15.7 Å². The Hall–Kier alpha value is -2.38. The standard InChI is InChI=1S/C22H25NO5S/c24-22(17-8-10-20(11-9-17)28-19-5-2-1-3-6-19)23(15-21-7-4-13-27-21)18-12-14-29(25,26)16-18/h1-3,5-6,8-11,18,21H,4,7,12-16H2/t18-,21+/m1/s1. The summed E-state index contributed by atoms with van der Waals surface area (Å²) in [6.45, 7) is 1.13. The predicted octanol–water partition coefficient (Wildman–Crippen LogP) is 3.29. The van der Waals surface area contributed by atoms with Crippen molar-refractivity contribution in [3.05, 3.63) is 60.2 Å². The van der Waals surface area contributed by atoms with Gasteiger partial charge >= 0.3 is 0 Å². The zero-order valence-electron chi connectivity index (χ0n) is 16.2. The van der Waals surface area contributed by atoms with E-state index >= 15 is 0 Å². The van der Waals surface area contributed by atoms with Crippen LogP contribution in [0.4, 0.5) is 0 Å². The fourth-order valence-electron chi connectivity index (χ4n) is 3.88. The van der Waals surface area contributed by atoms with Gasteiger partial charge in [-0.1, -0.05) is 18.2 Å². The first-order valence-corrected chi connectivity index (χ1v) is 11.8. The molecule has 29 heavy (non-hydrogen) atoms. The minimum Gasteiger partial charge on any atom is -0.457 e. The van der Waals surface area contributed by atoms with Crippen molar-refractivity contribution in [3.63, 3.8) is 0 Å². The Morgan fingerprint density at radius 3 is 2.38 bits per heavy atom. The van der Waals surface area contributed by atoms with Gasteiger partial charge in [0.15, 0.2) is 9.84 Å². The van der Waals surface area contributed by atoms with Crippen LogP contribution in [0.2, 0.25) is 0 Å². The van der Waals surface area contributed by atoms with Crippen LogP contribution < -0.4 is 4.74 Å². The fourth-order valence-corrected chi connectivity index (χ4v) is 5.61. The van der Waals surface area contributed by atoms with Crippen LogP contribution in [-0.2, 0) is 14.6 Å². The zero-order chi connectivity index (χ0) is 20.3. The molecule has 6 nitrogen and oxygen atoms in total. The first-order chi connectivity index (χ1) is 14.0. The maximum atomic E-state index is 13.2. The molecule has 0 aromatic heterocycles. The van der Waals surface area contributed by atoms with E-state index in [1.165, 1.54) is 0 Å². The molecule has 0 aliphatic carbocycles. The molecule has 2 aromatic carbocycles. The highest BCUT2D eigenvalue weighted by molar-refractivity contribution is 7.91. The van der Waals surface area contributed by atoms with Gasteiger partial charge in [-0.25, -0.2) is 8.42 Å². The van der Waals surface area contributed by atoms with Crippen molar-refractivity contribution in [2.75, 3.05) is 24.7 Å². The third kappa shape index (κ3) is 4.97. The third-order valence-electron chi connectivity index (χ3n) is 5.41. The quantitative estimate of drug-likeness (QED) is 0.724. The first-order valence-electron chi connectivity index (χ1n) is 9.96. The normalized spacial score (nSPS) is 23.0. The Morgan fingerprint density at radius 2 is 1.76 bits per heavy atom. The molecule has 7 heteroatoms. The summed E-state index contributed by atoms with van der Waals surface area (Å²) in [6.07, 6.45) is 2.33. The van der Waals surface area contributed by atoms with Gasteiger partial charge < -0.3 is 14.4 Å². The van der Waals surface area contributed by atoms with Crippen molar-refractivity contribution in [2.45, 2.75) is 31.4 Å². The van der Waals surface area contributed by atoms with E-state index in [0.717, 1.165) is 18.6 Å². The van der Waals surface area contributed by atoms with Gasteiger partial charge in [0.2, 0.25) is 0 Å². The highest BCUT2D eigenvalue weighted by Gasteiger charge is 2.36. The van der Waals surface area contributed by atoms with Crippen LogP contribution in [0.3, 0.4) is 0 Å². The lowest BCUT2D eigenvalue weighted by Gasteiger charge is -2.30. The third-order valence-corrected chi connectivity index (χ3v) is 7.16. The van der Waals surface area contributed by atoms with Crippen molar-refractivity contribution < 1.29 is 22.7 Å². The SMILES string of the molecule is O=C(c1ccc(Oc2ccccc2)cc1)N(C[C@@H]1CCCO1)[C@@H]1CCS(=O)(=O)C1. The van der Waals surface area contributed by atoms with Crippen LogP contribution in [0.5, 0.6) is 11.5 Å². The molecule has 0 saturated carbocycles. The number of carbonyl (C=O) groups excluding carboxylic acids is 1. The van der Waals surface area contributed by atoms with E-state index in [4.69, 9.17) is 9.47 Å². The van der Waals surface area contributed by atoms with Crippen molar-refractivity contribution in [1.29, 1.82) is 0 Å². The molecule has 154 valence electrons. The van der Waals surface area contributed by atoms with Crippen LogP contribution in [0.25, 0.3) is 0 Å². The van der Waals surface area contributed by atoms with Gasteiger partial charge in [-0.05, 0) is 55.7 Å². The van der Waals surface area contributed by atoms with Gasteiger partial charge in [0.1, 0.15) is 11.5 Å². The number of ether oxygens (including phenoxy) is 2. The highest BCUT2D eigenvalue weighted by atomic mass is 32.2. The van der Waals surface area contributed by atoms with E-state index in [1.807, 2.05) is 30.3 Å². The highest BCUT2D eigenvalue weighted by Crippen LogP contribution is 2.25. The van der Waals surface area contributed by atoms with Crippen molar-refractivity contribution in [1.82, 2.24) is 4.90 Å². The van der Waals surface area contributed by atoms with E-state index < -0.39 is 9.84 Å². The van der Waals surface area contributed by atoms with Crippen LogP contribution in [0.15, 0.2) is 54.6 Å². The number of amides is 1. The molecule has 2 aliphatic heterocycles. The first kappa shape index (κ1) is 19.9. The Labute approximate surface area is 171 Å². The second-order valence-corrected chi connectivity index (χ2v) is 9.82. The van der Waals surface area contributed by atoms with E-state index in [9.17, 15) is 13.2 Å². The van der Waals surface area contributed by atoms with Crippen LogP contribution in [0.1, 0.15) is 29.6 Å². The van der Waals surface area contributed by atoms with E-state index in [1.54, 1.807) is 29.2 Å². The van der Waals surface area contributed by atoms with Crippen LogP contribution in [-0.4, -0.2) is 56.0 Å². The number of nitrogens with zero attached hydrogens (tertiary/aromatic N) is 1. The number of sulfone groups is 1. The monoisotopic (exact) mass is 415 g/mol. The molecule has 4 rings (SSSR count). The molecule has 1 amide bonds. The lowest BCUT2D eigenvalue weighted by atomic mass is 10.1. The van der Waals surface area contributed by atoms with Gasteiger partial charge in [-0.3, -0.25) is 4.79 Å². The predicted molar refractivity (Wildman–Crippen MR) is 110 cm³/mol. The van der Waals surface area contributed by atoms with Crippen LogP contribution >= 0.6 is 0 Å². The Morgan fingerprint density at radius 1 is 1.03 bits per heavy atom. The lowest BCUT2D eigenvalue weighted by molar-refractivity contribution is 0.0441. The minimum absolute atomic E-state index is 0.0251. The fraction of sp³-hybridized carbons (Fsp3) is 0.409. The molecule has 0 radical (unpaired) electrons. The lowest BCUT2D eigenvalue weighted by Crippen LogP contribution is -2.45. The van der Waals surface area contributed by atoms with Gasteiger partial charge in [0.05, 0.1) is 17.6 Å². The summed E-state index contributed by atoms with van der Waals surface area (Å²) < 4.78 is 35.4. The van der Waals surface area contributed by atoms with Gasteiger partial charge in [0, 0.05) is 24.8 Å². The number of benzene rings is 2. The van der Waals surface area contributed by atoms with Gasteiger partial charge in [-0.2, -0.15) is 0 Å². The molecular formula is C22H25NO5S. The summed E-state index contributed by atoms with van der Waals surface area (Å²) in [5.41, 5.74) is 0.521. The zero-order valence-corrected chi connectivity index (χ0v) is 17.0. The summed E-state index contributed by atoms with van der Waals surface area (Å²) in [7, 11) is -3.09. The topological polar surface area (TPSA) is 72.9 Å². The van der Waals surface area contributed by atoms with Gasteiger partial charge in [0.25, 0.3) is 5.91 Å². The summed E-state index contributed by atoms with van der Waals surface area (Å²) >= 11 is 0. The smallest absolute Gasteiger partial charge is 0.254 e. The molecule has 0 spiro atoms. The summed E-state index contributed by atoms with van der Waals surface area (Å²) in [5.74, 6) is 1.37. The molecule has 0 bridgehead atoms. The number of carbonyl (C=O) groups is 1. The number of rotatable bonds is 6. The Kier molecular flexibility index (Phi) is 5.87. The molecule has 0 unspecified atom stereocenters. The molecule has 0 N–H and O–H groups in total. The van der Waals surface area contributed by atoms with Gasteiger partial charge in [-0.15, -0.1) is 0 Å². The molecule has 2 aromatic rings. The van der Waals surface area contributed by atoms with Crippen molar-refractivity contribution in [2.24, 2.45) is 0 Å². The molecular weight excluding hydrogens is 390 g/mol. The molecule has 2 fully saturated rings. The van der Waals surface area contributed by atoms with E-state index in [2.05, 4.69) is 0 Å². The Bertz CT molecular complexity index is 937. The number of para-hydroxylation sites is 1. The molecule has 2 atom stereocenters. The average molecular weight is 416 g/mol. The second-order valence-electron chi connectivity index (χ2n) is 7.59. The molecule has 2 heterocycles. The number of hydrogen-bond donors (Lipinski definition) is 0. The van der Waals surface area contributed by atoms with Crippen LogP contribution in [0, 0.1) is 0 Å². The summed E-state index contributed by atoms with van der Waals surface area (Å²) in [5, 5.41) is 0.